The molecular weight excluding hydrogens is 328 g/mol. The molecule has 0 radical (unpaired) electrons. The predicted molar refractivity (Wildman–Crippen MR) is 99.0 cm³/mol. The molecule has 1 N–H and O–H groups in total. The second kappa shape index (κ2) is 7.18. The Hall–Kier alpha value is -1.62. The van der Waals surface area contributed by atoms with Crippen LogP contribution < -0.4 is 4.74 Å². The first kappa shape index (κ1) is 17.8. The lowest BCUT2D eigenvalue weighted by Gasteiger charge is -2.54. The van der Waals surface area contributed by atoms with E-state index in [9.17, 15) is 9.90 Å². The maximum Gasteiger partial charge on any atom is 0.228 e. The molecule has 5 heteroatoms. The molecule has 2 saturated carbocycles. The smallest absolute Gasteiger partial charge is 0.228 e. The summed E-state index contributed by atoms with van der Waals surface area (Å²) in [5.74, 6) is 1.37. The number of pyridine rings is 1. The molecule has 5 nitrogen and oxygen atoms in total. The minimum Gasteiger partial charge on any atom is -0.474 e. The molecule has 0 aromatic carbocycles. The van der Waals surface area contributed by atoms with Crippen LogP contribution >= 0.6 is 0 Å². The third-order valence-electron chi connectivity index (χ3n) is 6.52. The van der Waals surface area contributed by atoms with E-state index in [0.717, 1.165) is 50.6 Å². The van der Waals surface area contributed by atoms with E-state index in [-0.39, 0.29) is 30.0 Å². The van der Waals surface area contributed by atoms with E-state index in [4.69, 9.17) is 4.74 Å². The number of hydrogen-bond acceptors (Lipinski definition) is 4. The van der Waals surface area contributed by atoms with Crippen LogP contribution in [0.3, 0.4) is 0 Å². The van der Waals surface area contributed by atoms with Crippen LogP contribution in [0.2, 0.25) is 0 Å². The molecule has 1 aromatic rings. The molecule has 1 saturated heterocycles. The van der Waals surface area contributed by atoms with Gasteiger partial charge in [-0.05, 0) is 56.4 Å². The van der Waals surface area contributed by atoms with Crippen molar-refractivity contribution in [3.05, 3.63) is 23.9 Å². The molecule has 1 aliphatic heterocycles. The van der Waals surface area contributed by atoms with Crippen LogP contribution in [0, 0.1) is 11.3 Å². The van der Waals surface area contributed by atoms with Gasteiger partial charge in [-0.1, -0.05) is 13.0 Å². The molecule has 1 amide bonds. The second-order valence-corrected chi connectivity index (χ2v) is 8.50. The highest BCUT2D eigenvalue weighted by molar-refractivity contribution is 5.80. The summed E-state index contributed by atoms with van der Waals surface area (Å²) >= 11 is 0. The third kappa shape index (κ3) is 3.59. The SMILES string of the molecule is CC[C@H](CO)C(=O)N1CC2(CCC(Oc3ccc(C4CC4)cn3)CC2)C1. The van der Waals surface area contributed by atoms with E-state index < -0.39 is 0 Å². The second-order valence-electron chi connectivity index (χ2n) is 8.50. The average molecular weight is 358 g/mol. The van der Waals surface area contributed by atoms with Gasteiger partial charge in [0, 0.05) is 30.8 Å². The zero-order chi connectivity index (χ0) is 18.1. The molecule has 0 unspecified atom stereocenters. The summed E-state index contributed by atoms with van der Waals surface area (Å²) in [6, 6.07) is 4.17. The fraction of sp³-hybridized carbons (Fsp3) is 0.714. The van der Waals surface area contributed by atoms with Crippen molar-refractivity contribution < 1.29 is 14.6 Å². The number of nitrogens with zero attached hydrogens (tertiary/aromatic N) is 2. The molecule has 142 valence electrons. The first-order valence-electron chi connectivity index (χ1n) is 10.1. The van der Waals surface area contributed by atoms with Crippen LogP contribution in [0.1, 0.15) is 63.4 Å². The highest BCUT2D eigenvalue weighted by Gasteiger charge is 2.48. The number of carbonyl (C=O) groups is 1. The van der Waals surface area contributed by atoms with E-state index in [1.54, 1.807) is 0 Å². The molecule has 1 spiro atoms. The lowest BCUT2D eigenvalue weighted by Crippen LogP contribution is -2.61. The molecule has 1 atom stereocenters. The normalized spacial score (nSPS) is 23.5. The van der Waals surface area contributed by atoms with Crippen molar-refractivity contribution in [2.24, 2.45) is 11.3 Å². The Morgan fingerprint density at radius 1 is 1.31 bits per heavy atom. The highest BCUT2D eigenvalue weighted by Crippen LogP contribution is 2.45. The van der Waals surface area contributed by atoms with Gasteiger partial charge >= 0.3 is 0 Å². The Labute approximate surface area is 155 Å². The monoisotopic (exact) mass is 358 g/mol. The Balaban J connectivity index is 1.24. The number of amides is 1. The number of carbonyl (C=O) groups excluding carboxylic acids is 1. The summed E-state index contributed by atoms with van der Waals surface area (Å²) in [4.78, 5) is 18.7. The lowest BCUT2D eigenvalue weighted by molar-refractivity contribution is -0.152. The van der Waals surface area contributed by atoms with Gasteiger partial charge < -0.3 is 14.7 Å². The zero-order valence-corrected chi connectivity index (χ0v) is 15.7. The van der Waals surface area contributed by atoms with Crippen molar-refractivity contribution in [1.82, 2.24) is 9.88 Å². The zero-order valence-electron chi connectivity index (χ0n) is 15.7. The summed E-state index contributed by atoms with van der Waals surface area (Å²) < 4.78 is 6.09. The van der Waals surface area contributed by atoms with Crippen molar-refractivity contribution in [2.75, 3.05) is 19.7 Å². The Morgan fingerprint density at radius 3 is 2.58 bits per heavy atom. The third-order valence-corrected chi connectivity index (χ3v) is 6.52. The summed E-state index contributed by atoms with van der Waals surface area (Å²) in [6.07, 6.45) is 9.79. The largest absolute Gasteiger partial charge is 0.474 e. The van der Waals surface area contributed by atoms with Crippen LogP contribution in [0.25, 0.3) is 0 Å². The van der Waals surface area contributed by atoms with Crippen LogP contribution in [0.5, 0.6) is 5.88 Å². The van der Waals surface area contributed by atoms with Crippen LogP contribution in [0.4, 0.5) is 0 Å². The van der Waals surface area contributed by atoms with Gasteiger partial charge in [0.2, 0.25) is 11.8 Å². The molecule has 3 aliphatic rings. The Kier molecular flexibility index (Phi) is 4.91. The van der Waals surface area contributed by atoms with Crippen molar-refractivity contribution in [2.45, 2.75) is 63.9 Å². The number of aromatic nitrogens is 1. The molecule has 0 bridgehead atoms. The summed E-state index contributed by atoms with van der Waals surface area (Å²) in [5.41, 5.74) is 1.62. The van der Waals surface area contributed by atoms with Gasteiger partial charge in [-0.15, -0.1) is 0 Å². The maximum absolute atomic E-state index is 12.3. The highest BCUT2D eigenvalue weighted by atomic mass is 16.5. The molecule has 2 heterocycles. The number of aliphatic hydroxyl groups is 1. The fourth-order valence-corrected chi connectivity index (χ4v) is 4.49. The lowest BCUT2D eigenvalue weighted by atomic mass is 9.67. The molecule has 1 aromatic heterocycles. The standard InChI is InChI=1S/C21H30N2O3/c1-2-15(12-24)20(25)23-13-21(14-23)9-7-18(8-10-21)26-19-6-5-17(11-22-19)16-3-4-16/h5-6,11,15-16,18,24H,2-4,7-10,12-14H2,1H3/t15-/m1/s1. The molecular formula is C21H30N2O3. The van der Waals surface area contributed by atoms with Crippen molar-refractivity contribution >= 4 is 5.91 Å². The van der Waals surface area contributed by atoms with Gasteiger partial charge in [-0.2, -0.15) is 0 Å². The number of rotatable bonds is 6. The van der Waals surface area contributed by atoms with Gasteiger partial charge in [0.15, 0.2) is 0 Å². The molecule has 2 aliphatic carbocycles. The number of hydrogen-bond donors (Lipinski definition) is 1. The van der Waals surface area contributed by atoms with Crippen LogP contribution in [-0.4, -0.2) is 46.7 Å². The maximum atomic E-state index is 12.3. The van der Waals surface area contributed by atoms with E-state index in [2.05, 4.69) is 11.1 Å². The quantitative estimate of drug-likeness (QED) is 0.849. The Bertz CT molecular complexity index is 621. The van der Waals surface area contributed by atoms with E-state index in [1.807, 2.05) is 24.1 Å². The van der Waals surface area contributed by atoms with E-state index in [1.165, 1.54) is 18.4 Å². The van der Waals surface area contributed by atoms with Crippen LogP contribution in [0.15, 0.2) is 18.3 Å². The Morgan fingerprint density at radius 2 is 2.04 bits per heavy atom. The van der Waals surface area contributed by atoms with Crippen molar-refractivity contribution in [3.8, 4) is 5.88 Å². The summed E-state index contributed by atoms with van der Waals surface area (Å²) in [6.45, 7) is 3.62. The van der Waals surface area contributed by atoms with Crippen molar-refractivity contribution in [1.29, 1.82) is 0 Å². The average Bonchev–Trinajstić information content (AvgIpc) is 3.47. The molecule has 3 fully saturated rings. The van der Waals surface area contributed by atoms with Gasteiger partial charge in [0.25, 0.3) is 0 Å². The minimum atomic E-state index is -0.225. The topological polar surface area (TPSA) is 62.7 Å². The van der Waals surface area contributed by atoms with Gasteiger partial charge in [-0.3, -0.25) is 4.79 Å². The molecule has 26 heavy (non-hydrogen) atoms. The fourth-order valence-electron chi connectivity index (χ4n) is 4.49. The summed E-state index contributed by atoms with van der Waals surface area (Å²) in [5, 5.41) is 9.32. The number of likely N-dealkylation sites (tertiary alicyclic amines) is 1. The molecule has 4 rings (SSSR count). The van der Waals surface area contributed by atoms with Crippen LogP contribution in [-0.2, 0) is 4.79 Å². The van der Waals surface area contributed by atoms with Gasteiger partial charge in [0.05, 0.1) is 12.5 Å². The van der Waals surface area contributed by atoms with Crippen molar-refractivity contribution in [3.63, 3.8) is 0 Å². The number of ether oxygens (including phenoxy) is 1. The minimum absolute atomic E-state index is 0.0404. The van der Waals surface area contributed by atoms with Gasteiger partial charge in [-0.25, -0.2) is 4.98 Å². The first-order valence-corrected chi connectivity index (χ1v) is 10.1. The number of aliphatic hydroxyl groups excluding tert-OH is 1. The van der Waals surface area contributed by atoms with Gasteiger partial charge in [0.1, 0.15) is 6.10 Å². The first-order chi connectivity index (χ1) is 12.6. The van der Waals surface area contributed by atoms with E-state index >= 15 is 0 Å². The predicted octanol–water partition coefficient (Wildman–Crippen LogP) is 3.13. The van der Waals surface area contributed by atoms with E-state index in [0.29, 0.717) is 6.42 Å². The summed E-state index contributed by atoms with van der Waals surface area (Å²) in [7, 11) is 0.